The Hall–Kier alpha value is -2.95. The third-order valence-electron chi connectivity index (χ3n) is 5.43. The molecule has 0 aliphatic heterocycles. The SMILES string of the molecule is CCOc1ccc(C(C)(CCCc2ccc(F)c(Oc3ccccc3)c2)C(F)F)cc1. The standard InChI is InChI=1S/C26H27F3O2/c1-3-30-21-14-12-20(13-15-21)26(2,25(28)29)17-7-8-19-11-16-23(27)24(18-19)31-22-9-5-4-6-10-22/h4-6,9-16,18,25H,3,7-8,17H2,1-2H3. The summed E-state index contributed by atoms with van der Waals surface area (Å²) >= 11 is 0. The lowest BCUT2D eigenvalue weighted by atomic mass is 9.78. The van der Waals surface area contributed by atoms with Gasteiger partial charge in [-0.2, -0.15) is 0 Å². The van der Waals surface area contributed by atoms with Gasteiger partial charge in [-0.25, -0.2) is 13.2 Å². The Balaban J connectivity index is 1.67. The normalized spacial score (nSPS) is 13.1. The fourth-order valence-corrected chi connectivity index (χ4v) is 3.53. The van der Waals surface area contributed by atoms with Crippen molar-refractivity contribution in [1.82, 2.24) is 0 Å². The fraction of sp³-hybridized carbons (Fsp3) is 0.308. The molecule has 3 aromatic rings. The Morgan fingerprint density at radius 1 is 0.903 bits per heavy atom. The highest BCUT2D eigenvalue weighted by Crippen LogP contribution is 2.37. The summed E-state index contributed by atoms with van der Waals surface area (Å²) in [6, 6.07) is 20.5. The molecule has 0 saturated heterocycles. The minimum absolute atomic E-state index is 0.131. The molecule has 0 aliphatic rings. The van der Waals surface area contributed by atoms with Gasteiger partial charge in [-0.15, -0.1) is 0 Å². The van der Waals surface area contributed by atoms with Gasteiger partial charge in [0.1, 0.15) is 11.5 Å². The van der Waals surface area contributed by atoms with Gasteiger partial charge in [0.15, 0.2) is 11.6 Å². The zero-order chi connectivity index (χ0) is 22.3. The number of ether oxygens (including phenoxy) is 2. The molecule has 3 rings (SSSR count). The Bertz CT molecular complexity index is 958. The van der Waals surface area contributed by atoms with Crippen LogP contribution < -0.4 is 9.47 Å². The maximum atomic E-state index is 14.1. The van der Waals surface area contributed by atoms with Gasteiger partial charge in [0.2, 0.25) is 6.43 Å². The van der Waals surface area contributed by atoms with E-state index in [1.165, 1.54) is 6.07 Å². The molecule has 0 radical (unpaired) electrons. The summed E-state index contributed by atoms with van der Waals surface area (Å²) in [5.41, 5.74) is 0.155. The molecule has 1 unspecified atom stereocenters. The molecular weight excluding hydrogens is 401 g/mol. The van der Waals surface area contributed by atoms with Crippen LogP contribution in [0.3, 0.4) is 0 Å². The van der Waals surface area contributed by atoms with Gasteiger partial charge in [-0.05, 0) is 73.7 Å². The van der Waals surface area contributed by atoms with Crippen molar-refractivity contribution in [3.8, 4) is 17.2 Å². The van der Waals surface area contributed by atoms with Gasteiger partial charge < -0.3 is 9.47 Å². The van der Waals surface area contributed by atoms with E-state index in [0.29, 0.717) is 42.9 Å². The van der Waals surface area contributed by atoms with E-state index in [1.807, 2.05) is 25.1 Å². The van der Waals surface area contributed by atoms with Crippen molar-refractivity contribution in [2.75, 3.05) is 6.61 Å². The summed E-state index contributed by atoms with van der Waals surface area (Å²) in [7, 11) is 0. The highest BCUT2D eigenvalue weighted by atomic mass is 19.3. The third kappa shape index (κ3) is 5.81. The number of hydrogen-bond donors (Lipinski definition) is 0. The van der Waals surface area contributed by atoms with Gasteiger partial charge in [-0.3, -0.25) is 0 Å². The van der Waals surface area contributed by atoms with Crippen LogP contribution in [0.5, 0.6) is 17.2 Å². The molecule has 0 N–H and O–H groups in total. The highest BCUT2D eigenvalue weighted by Gasteiger charge is 2.36. The summed E-state index contributed by atoms with van der Waals surface area (Å²) in [5.74, 6) is 0.880. The molecule has 0 heterocycles. The van der Waals surface area contributed by atoms with E-state index in [9.17, 15) is 13.2 Å². The quantitative estimate of drug-likeness (QED) is 0.332. The zero-order valence-corrected chi connectivity index (χ0v) is 17.8. The molecule has 0 aliphatic carbocycles. The average molecular weight is 428 g/mol. The maximum absolute atomic E-state index is 14.1. The van der Waals surface area contributed by atoms with E-state index in [4.69, 9.17) is 9.47 Å². The van der Waals surface area contributed by atoms with Crippen LogP contribution in [0.2, 0.25) is 0 Å². The molecule has 164 valence electrons. The minimum atomic E-state index is -2.50. The summed E-state index contributed by atoms with van der Waals surface area (Å²) in [5, 5.41) is 0. The first kappa shape index (κ1) is 22.7. The Labute approximate surface area is 181 Å². The number of para-hydroxylation sites is 1. The number of alkyl halides is 2. The molecule has 0 spiro atoms. The zero-order valence-electron chi connectivity index (χ0n) is 17.8. The van der Waals surface area contributed by atoms with Crippen LogP contribution in [-0.2, 0) is 11.8 Å². The molecule has 0 aromatic heterocycles. The van der Waals surface area contributed by atoms with E-state index in [-0.39, 0.29) is 5.75 Å². The molecule has 2 nitrogen and oxygen atoms in total. The monoisotopic (exact) mass is 428 g/mol. The van der Waals surface area contributed by atoms with E-state index in [1.54, 1.807) is 55.5 Å². The molecule has 5 heteroatoms. The molecule has 3 aromatic carbocycles. The van der Waals surface area contributed by atoms with Crippen molar-refractivity contribution in [2.24, 2.45) is 0 Å². The largest absolute Gasteiger partial charge is 0.494 e. The van der Waals surface area contributed by atoms with Crippen molar-refractivity contribution in [1.29, 1.82) is 0 Å². The van der Waals surface area contributed by atoms with E-state index >= 15 is 0 Å². The topological polar surface area (TPSA) is 18.5 Å². The van der Waals surface area contributed by atoms with Gasteiger partial charge in [0.25, 0.3) is 0 Å². The van der Waals surface area contributed by atoms with Crippen LogP contribution in [0.25, 0.3) is 0 Å². The van der Waals surface area contributed by atoms with Crippen molar-refractivity contribution < 1.29 is 22.6 Å². The number of benzene rings is 3. The Morgan fingerprint density at radius 2 is 1.61 bits per heavy atom. The number of rotatable bonds is 10. The highest BCUT2D eigenvalue weighted by molar-refractivity contribution is 5.36. The second-order valence-electron chi connectivity index (χ2n) is 7.71. The van der Waals surface area contributed by atoms with E-state index in [0.717, 1.165) is 5.56 Å². The Kier molecular flexibility index (Phi) is 7.61. The van der Waals surface area contributed by atoms with Crippen LogP contribution in [0.4, 0.5) is 13.2 Å². The summed E-state index contributed by atoms with van der Waals surface area (Å²) in [6.45, 7) is 3.99. The van der Waals surface area contributed by atoms with Crippen LogP contribution >= 0.6 is 0 Å². The van der Waals surface area contributed by atoms with Crippen LogP contribution in [0.1, 0.15) is 37.8 Å². The number of aryl methyl sites for hydroxylation is 1. The molecule has 1 atom stereocenters. The molecule has 0 bridgehead atoms. The molecule has 31 heavy (non-hydrogen) atoms. The molecule has 0 amide bonds. The maximum Gasteiger partial charge on any atom is 0.247 e. The van der Waals surface area contributed by atoms with Gasteiger partial charge in [0.05, 0.1) is 12.0 Å². The third-order valence-corrected chi connectivity index (χ3v) is 5.43. The second kappa shape index (κ2) is 10.4. The average Bonchev–Trinajstić information content (AvgIpc) is 2.77. The predicted molar refractivity (Wildman–Crippen MR) is 117 cm³/mol. The van der Waals surface area contributed by atoms with Crippen LogP contribution in [0.15, 0.2) is 72.8 Å². The molecular formula is C26H27F3O2. The van der Waals surface area contributed by atoms with E-state index in [2.05, 4.69) is 0 Å². The lowest BCUT2D eigenvalue weighted by Crippen LogP contribution is -2.31. The van der Waals surface area contributed by atoms with Gasteiger partial charge in [0, 0.05) is 0 Å². The first-order chi connectivity index (χ1) is 14.9. The van der Waals surface area contributed by atoms with Crippen molar-refractivity contribution in [2.45, 2.75) is 45.0 Å². The lowest BCUT2D eigenvalue weighted by Gasteiger charge is -2.29. The van der Waals surface area contributed by atoms with Crippen LogP contribution in [-0.4, -0.2) is 13.0 Å². The van der Waals surface area contributed by atoms with Crippen molar-refractivity contribution in [3.05, 3.63) is 89.7 Å². The number of hydrogen-bond acceptors (Lipinski definition) is 2. The number of halogens is 3. The first-order valence-electron chi connectivity index (χ1n) is 10.4. The Morgan fingerprint density at radius 3 is 2.26 bits per heavy atom. The van der Waals surface area contributed by atoms with Crippen LogP contribution in [0, 0.1) is 5.82 Å². The summed E-state index contributed by atoms with van der Waals surface area (Å²) in [6.07, 6.45) is -1.13. The van der Waals surface area contributed by atoms with Gasteiger partial charge in [-0.1, -0.05) is 43.3 Å². The second-order valence-corrected chi connectivity index (χ2v) is 7.71. The summed E-state index contributed by atoms with van der Waals surface area (Å²) in [4.78, 5) is 0. The van der Waals surface area contributed by atoms with Gasteiger partial charge >= 0.3 is 0 Å². The minimum Gasteiger partial charge on any atom is -0.494 e. The molecule has 0 fully saturated rings. The first-order valence-corrected chi connectivity index (χ1v) is 10.4. The van der Waals surface area contributed by atoms with E-state index < -0.39 is 17.7 Å². The predicted octanol–water partition coefficient (Wildman–Crippen LogP) is 7.56. The van der Waals surface area contributed by atoms with Crippen molar-refractivity contribution in [3.63, 3.8) is 0 Å². The fourth-order valence-electron chi connectivity index (χ4n) is 3.53. The molecule has 0 saturated carbocycles. The lowest BCUT2D eigenvalue weighted by molar-refractivity contribution is 0.0526. The summed E-state index contributed by atoms with van der Waals surface area (Å²) < 4.78 is 53.2. The van der Waals surface area contributed by atoms with Crippen molar-refractivity contribution >= 4 is 0 Å². The smallest absolute Gasteiger partial charge is 0.247 e.